The molecule has 3 N–H and O–H groups in total. The van der Waals surface area contributed by atoms with Crippen molar-refractivity contribution in [2.24, 2.45) is 12.0 Å². The minimum atomic E-state index is 0.268. The number of thiazole rings is 1. The molecule has 1 heterocycles. The molecule has 132 valence electrons. The van der Waals surface area contributed by atoms with Gasteiger partial charge in [-0.1, -0.05) is 11.3 Å². The summed E-state index contributed by atoms with van der Waals surface area (Å²) in [5, 5.41) is 11.0. The van der Waals surface area contributed by atoms with Crippen molar-refractivity contribution in [3.05, 3.63) is 47.3 Å². The fraction of sp³-hybridized carbons (Fsp3) is 0.316. The first kappa shape index (κ1) is 17.7. The molecular formula is C19H24N3O2S+. The molecule has 0 radical (unpaired) electrons. The van der Waals surface area contributed by atoms with Gasteiger partial charge < -0.3 is 19.7 Å². The van der Waals surface area contributed by atoms with Gasteiger partial charge in [0.15, 0.2) is 4.80 Å². The van der Waals surface area contributed by atoms with Crippen molar-refractivity contribution in [3.8, 4) is 5.75 Å². The van der Waals surface area contributed by atoms with Crippen LogP contribution >= 0.6 is 11.3 Å². The second kappa shape index (κ2) is 8.29. The minimum absolute atomic E-state index is 0.268. The lowest BCUT2D eigenvalue weighted by Crippen LogP contribution is -2.77. The number of aliphatic hydroxyl groups excluding tert-OH is 1. The average Bonchev–Trinajstić information content (AvgIpc) is 2.95. The van der Waals surface area contributed by atoms with E-state index in [9.17, 15) is 0 Å². The van der Waals surface area contributed by atoms with Crippen LogP contribution in [0.1, 0.15) is 12.8 Å². The number of benzene rings is 2. The number of aromatic nitrogens is 1. The lowest BCUT2D eigenvalue weighted by Gasteiger charge is -2.01. The van der Waals surface area contributed by atoms with Crippen molar-refractivity contribution < 1.29 is 15.2 Å². The summed E-state index contributed by atoms with van der Waals surface area (Å²) >= 11 is 1.66. The number of unbranched alkanes of at least 4 members (excludes halogenated alkanes) is 1. The highest BCUT2D eigenvalue weighted by atomic mass is 32.1. The predicted molar refractivity (Wildman–Crippen MR) is 102 cm³/mol. The van der Waals surface area contributed by atoms with E-state index in [2.05, 4.69) is 28.1 Å². The Balaban J connectivity index is 1.80. The molecule has 0 atom stereocenters. The summed E-state index contributed by atoms with van der Waals surface area (Å²) in [6.45, 7) is 1.26. The number of rotatable bonds is 7. The van der Waals surface area contributed by atoms with Gasteiger partial charge in [0.2, 0.25) is 0 Å². The highest BCUT2D eigenvalue weighted by molar-refractivity contribution is 7.16. The molecule has 0 fully saturated rings. The van der Waals surface area contributed by atoms with Crippen LogP contribution in [0.2, 0.25) is 0 Å². The van der Waals surface area contributed by atoms with Gasteiger partial charge in [-0.3, -0.25) is 0 Å². The van der Waals surface area contributed by atoms with Gasteiger partial charge in [-0.25, -0.2) is 4.99 Å². The first-order valence-electron chi connectivity index (χ1n) is 8.43. The molecule has 2 aromatic carbocycles. The van der Waals surface area contributed by atoms with E-state index < -0.39 is 0 Å². The van der Waals surface area contributed by atoms with Crippen molar-refractivity contribution in [2.75, 3.05) is 20.3 Å². The fourth-order valence-corrected chi connectivity index (χ4v) is 3.74. The van der Waals surface area contributed by atoms with Crippen LogP contribution in [0.4, 0.5) is 11.4 Å². The molecule has 25 heavy (non-hydrogen) atoms. The number of nitrogens with zero attached hydrogens (tertiary/aromatic N) is 2. The van der Waals surface area contributed by atoms with Crippen molar-refractivity contribution in [3.63, 3.8) is 0 Å². The third-order valence-corrected chi connectivity index (χ3v) is 5.22. The van der Waals surface area contributed by atoms with Crippen molar-refractivity contribution >= 4 is 32.9 Å². The quantitative estimate of drug-likeness (QED) is 0.503. The molecule has 0 aliphatic rings. The monoisotopic (exact) mass is 358 g/mol. The van der Waals surface area contributed by atoms with E-state index in [-0.39, 0.29) is 6.61 Å². The number of ether oxygens (including phenoxy) is 1. The van der Waals surface area contributed by atoms with Gasteiger partial charge in [0, 0.05) is 25.8 Å². The first-order chi connectivity index (χ1) is 12.2. The molecule has 0 spiro atoms. The van der Waals surface area contributed by atoms with E-state index >= 15 is 0 Å². The van der Waals surface area contributed by atoms with Crippen LogP contribution in [0.25, 0.3) is 10.2 Å². The topological polar surface area (TPSA) is 63.4 Å². The van der Waals surface area contributed by atoms with Gasteiger partial charge in [-0.05, 0) is 43.2 Å². The molecule has 0 aliphatic carbocycles. The molecule has 3 rings (SSSR count). The van der Waals surface area contributed by atoms with Crippen molar-refractivity contribution in [1.29, 1.82) is 0 Å². The Hall–Kier alpha value is -2.15. The SMILES string of the molecule is COc1ccc2c(c1)sc(=Nc1ccc([NH2+]CCCCO)cc1)n2C. The second-order valence-electron chi connectivity index (χ2n) is 5.90. The summed E-state index contributed by atoms with van der Waals surface area (Å²) in [6, 6.07) is 14.4. The smallest absolute Gasteiger partial charge is 0.190 e. The number of aryl methyl sites for hydroxylation is 1. The van der Waals surface area contributed by atoms with Gasteiger partial charge in [0.1, 0.15) is 11.4 Å². The summed E-state index contributed by atoms with van der Waals surface area (Å²) in [5.74, 6) is 0.863. The molecule has 3 aromatic rings. The normalized spacial score (nSPS) is 12.0. The molecule has 0 unspecified atom stereocenters. The van der Waals surface area contributed by atoms with Crippen molar-refractivity contribution in [2.45, 2.75) is 12.8 Å². The Morgan fingerprint density at radius 3 is 2.68 bits per heavy atom. The lowest BCUT2D eigenvalue weighted by molar-refractivity contribution is -0.572. The van der Waals surface area contributed by atoms with Gasteiger partial charge in [0.25, 0.3) is 0 Å². The zero-order valence-electron chi connectivity index (χ0n) is 14.6. The van der Waals surface area contributed by atoms with Crippen molar-refractivity contribution in [1.82, 2.24) is 4.57 Å². The largest absolute Gasteiger partial charge is 0.497 e. The van der Waals surface area contributed by atoms with Gasteiger partial charge >= 0.3 is 0 Å². The van der Waals surface area contributed by atoms with Crippen LogP contribution in [-0.2, 0) is 7.05 Å². The van der Waals surface area contributed by atoms with E-state index in [0.717, 1.165) is 45.8 Å². The number of nitrogens with two attached hydrogens (primary N) is 1. The Morgan fingerprint density at radius 1 is 1.16 bits per heavy atom. The van der Waals surface area contributed by atoms with Gasteiger partial charge in [-0.15, -0.1) is 0 Å². The molecule has 5 nitrogen and oxygen atoms in total. The van der Waals surface area contributed by atoms with Gasteiger partial charge in [-0.2, -0.15) is 0 Å². The highest BCUT2D eigenvalue weighted by Crippen LogP contribution is 2.23. The lowest BCUT2D eigenvalue weighted by atomic mass is 10.2. The molecule has 0 aliphatic heterocycles. The number of hydrogen-bond acceptors (Lipinski definition) is 4. The minimum Gasteiger partial charge on any atom is -0.497 e. The van der Waals surface area contributed by atoms with Crippen LogP contribution in [0.3, 0.4) is 0 Å². The van der Waals surface area contributed by atoms with Crippen LogP contribution < -0.4 is 14.9 Å². The molecule has 0 amide bonds. The maximum absolute atomic E-state index is 8.81. The number of fused-ring (bicyclic) bond motifs is 1. The summed E-state index contributed by atoms with van der Waals surface area (Å²) in [4.78, 5) is 5.74. The molecular weight excluding hydrogens is 334 g/mol. The number of methoxy groups -OCH3 is 1. The Kier molecular flexibility index (Phi) is 5.86. The fourth-order valence-electron chi connectivity index (χ4n) is 2.67. The van der Waals surface area contributed by atoms with E-state index in [0.29, 0.717) is 0 Å². The molecule has 1 aromatic heterocycles. The average molecular weight is 358 g/mol. The second-order valence-corrected chi connectivity index (χ2v) is 6.91. The van der Waals surface area contributed by atoms with E-state index in [4.69, 9.17) is 14.8 Å². The van der Waals surface area contributed by atoms with Crippen LogP contribution in [-0.4, -0.2) is 29.9 Å². The predicted octanol–water partition coefficient (Wildman–Crippen LogP) is 2.45. The van der Waals surface area contributed by atoms with E-state index in [1.165, 1.54) is 5.69 Å². The number of aliphatic hydroxyl groups is 1. The Morgan fingerprint density at radius 2 is 1.96 bits per heavy atom. The Labute approximate surface area is 151 Å². The summed E-state index contributed by atoms with van der Waals surface area (Å²) in [7, 11) is 3.72. The van der Waals surface area contributed by atoms with Crippen LogP contribution in [0.5, 0.6) is 5.75 Å². The number of hydrogen-bond donors (Lipinski definition) is 2. The molecule has 0 saturated heterocycles. The maximum atomic E-state index is 8.81. The third kappa shape index (κ3) is 4.28. The van der Waals surface area contributed by atoms with E-state index in [1.54, 1.807) is 18.4 Å². The summed E-state index contributed by atoms with van der Waals surface area (Å²) in [5.41, 5.74) is 3.29. The molecule has 6 heteroatoms. The standard InChI is InChI=1S/C19H23N3O2S/c1-22-17-10-9-16(24-2)13-18(17)25-19(22)21-15-7-5-14(6-8-15)20-11-3-4-12-23/h5-10,13,20,23H,3-4,11-12H2,1-2H3/p+1. The van der Waals surface area contributed by atoms with Crippen LogP contribution in [0, 0.1) is 0 Å². The highest BCUT2D eigenvalue weighted by Gasteiger charge is 2.05. The third-order valence-electron chi connectivity index (χ3n) is 4.13. The summed E-state index contributed by atoms with van der Waals surface area (Å²) in [6.07, 6.45) is 1.88. The molecule has 0 saturated carbocycles. The van der Waals surface area contributed by atoms with Gasteiger partial charge in [0.05, 0.1) is 29.6 Å². The Bertz CT molecular complexity index is 897. The zero-order valence-corrected chi connectivity index (χ0v) is 15.4. The first-order valence-corrected chi connectivity index (χ1v) is 9.25. The summed E-state index contributed by atoms with van der Waals surface area (Å²) < 4.78 is 8.57. The maximum Gasteiger partial charge on any atom is 0.190 e. The number of quaternary nitrogens is 1. The van der Waals surface area contributed by atoms with E-state index in [1.807, 2.05) is 31.3 Å². The zero-order chi connectivity index (χ0) is 17.6. The van der Waals surface area contributed by atoms with Crippen LogP contribution in [0.15, 0.2) is 47.5 Å². The molecule has 0 bridgehead atoms.